The van der Waals surface area contributed by atoms with Crippen molar-refractivity contribution in [1.29, 1.82) is 0 Å². The maximum Gasteiger partial charge on any atom is 0.337 e. The molecular weight excluding hydrogens is 212 g/mol. The van der Waals surface area contributed by atoms with Crippen molar-refractivity contribution in [3.8, 4) is 0 Å². The van der Waals surface area contributed by atoms with Gasteiger partial charge in [0.1, 0.15) is 0 Å². The van der Waals surface area contributed by atoms with Crippen LogP contribution in [0.15, 0.2) is 0 Å². The minimum absolute atomic E-state index is 0.278. The monoisotopic (exact) mass is 230 g/mol. The first-order valence-corrected chi connectivity index (χ1v) is 5.38. The van der Waals surface area contributed by atoms with Crippen LogP contribution in [0.25, 0.3) is 0 Å². The molecule has 0 aliphatic heterocycles. The summed E-state index contributed by atoms with van der Waals surface area (Å²) in [6.45, 7) is 3.33. The third-order valence-corrected chi connectivity index (χ3v) is 2.63. The van der Waals surface area contributed by atoms with Gasteiger partial charge >= 0.3 is 12.0 Å². The Morgan fingerprint density at radius 2 is 2.06 bits per heavy atom. The number of aliphatic hydroxyl groups is 1. The van der Waals surface area contributed by atoms with Crippen molar-refractivity contribution in [3.63, 3.8) is 0 Å². The van der Waals surface area contributed by atoms with Gasteiger partial charge < -0.3 is 20.4 Å². The molecule has 0 spiro atoms. The van der Waals surface area contributed by atoms with E-state index in [1.165, 1.54) is 0 Å². The van der Waals surface area contributed by atoms with Crippen LogP contribution >= 0.6 is 0 Å². The second kappa shape index (κ2) is 4.69. The van der Waals surface area contributed by atoms with Crippen molar-refractivity contribution in [2.24, 2.45) is 0 Å². The summed E-state index contributed by atoms with van der Waals surface area (Å²) in [6.07, 6.45) is 1.99. The number of carbonyl (C=O) groups excluding carboxylic acids is 1. The van der Waals surface area contributed by atoms with Gasteiger partial charge in [-0.2, -0.15) is 0 Å². The Labute approximate surface area is 94.2 Å². The number of hydrogen-bond acceptors (Lipinski definition) is 3. The topological polar surface area (TPSA) is 89.9 Å². The predicted molar refractivity (Wildman–Crippen MR) is 57.1 cm³/mol. The largest absolute Gasteiger partial charge is 0.479 e. The highest BCUT2D eigenvalue weighted by Crippen LogP contribution is 2.26. The lowest BCUT2D eigenvalue weighted by Gasteiger charge is -2.24. The molecule has 0 radical (unpaired) electrons. The Morgan fingerprint density at radius 1 is 1.50 bits per heavy atom. The van der Waals surface area contributed by atoms with Crippen molar-refractivity contribution in [3.05, 3.63) is 0 Å². The van der Waals surface area contributed by atoms with Crippen LogP contribution in [0, 0.1) is 0 Å². The minimum atomic E-state index is -1.92. The van der Waals surface area contributed by atoms with Gasteiger partial charge in [-0.1, -0.05) is 0 Å². The van der Waals surface area contributed by atoms with Crippen LogP contribution in [0.2, 0.25) is 0 Å². The summed E-state index contributed by atoms with van der Waals surface area (Å²) in [5.74, 6) is -1.35. The van der Waals surface area contributed by atoms with E-state index in [9.17, 15) is 14.7 Å². The number of carbonyl (C=O) groups is 2. The van der Waals surface area contributed by atoms with Gasteiger partial charge in [0.2, 0.25) is 0 Å². The van der Waals surface area contributed by atoms with E-state index in [0.717, 1.165) is 19.8 Å². The molecule has 1 fully saturated rings. The van der Waals surface area contributed by atoms with Crippen LogP contribution in [0.3, 0.4) is 0 Å². The number of nitrogens with one attached hydrogen (secondary N) is 1. The summed E-state index contributed by atoms with van der Waals surface area (Å²) in [7, 11) is 0. The Kier molecular flexibility index (Phi) is 3.74. The van der Waals surface area contributed by atoms with Crippen molar-refractivity contribution in [2.75, 3.05) is 13.1 Å². The lowest BCUT2D eigenvalue weighted by molar-refractivity contribution is -0.155. The molecule has 3 N–H and O–H groups in total. The normalized spacial score (nSPS) is 18.7. The van der Waals surface area contributed by atoms with E-state index >= 15 is 0 Å². The molecule has 0 aromatic carbocycles. The molecule has 1 saturated carbocycles. The van der Waals surface area contributed by atoms with Gasteiger partial charge in [-0.25, -0.2) is 9.59 Å². The maximum absolute atomic E-state index is 11.6. The zero-order valence-corrected chi connectivity index (χ0v) is 9.56. The highest BCUT2D eigenvalue weighted by Gasteiger charge is 2.34. The average molecular weight is 230 g/mol. The molecule has 92 valence electrons. The molecule has 0 aromatic rings. The van der Waals surface area contributed by atoms with Crippen molar-refractivity contribution >= 4 is 12.0 Å². The number of carboxylic acid groups (broad SMARTS) is 1. The number of amides is 2. The third kappa shape index (κ3) is 3.10. The molecule has 0 aromatic heterocycles. The molecule has 16 heavy (non-hydrogen) atoms. The molecule has 2 amide bonds. The first-order chi connectivity index (χ1) is 7.38. The van der Waals surface area contributed by atoms with Gasteiger partial charge in [0.15, 0.2) is 5.60 Å². The average Bonchev–Trinajstić information content (AvgIpc) is 3.00. The fourth-order valence-corrected chi connectivity index (χ4v) is 1.38. The standard InChI is InChI=1S/C10H18N2O4/c1-3-12(7-4-5-7)9(15)11-6-10(2,16)8(13)14/h7,16H,3-6H2,1-2H3,(H,11,15)(H,13,14). The van der Waals surface area contributed by atoms with Crippen molar-refractivity contribution in [2.45, 2.75) is 38.3 Å². The highest BCUT2D eigenvalue weighted by atomic mass is 16.4. The maximum atomic E-state index is 11.6. The Bertz CT molecular complexity index is 287. The highest BCUT2D eigenvalue weighted by molar-refractivity contribution is 5.79. The second-order valence-corrected chi connectivity index (χ2v) is 4.25. The second-order valence-electron chi connectivity index (χ2n) is 4.25. The number of urea groups is 1. The molecule has 6 nitrogen and oxygen atoms in total. The van der Waals surface area contributed by atoms with Gasteiger partial charge in [0.25, 0.3) is 0 Å². The molecule has 6 heteroatoms. The first kappa shape index (κ1) is 12.8. The van der Waals surface area contributed by atoms with Crippen LogP contribution in [-0.2, 0) is 4.79 Å². The quantitative estimate of drug-likeness (QED) is 0.621. The van der Waals surface area contributed by atoms with E-state index in [-0.39, 0.29) is 18.6 Å². The van der Waals surface area contributed by atoms with E-state index in [0.29, 0.717) is 6.54 Å². The fraction of sp³-hybridized carbons (Fsp3) is 0.800. The van der Waals surface area contributed by atoms with Gasteiger partial charge in [0.05, 0.1) is 6.54 Å². The zero-order valence-electron chi connectivity index (χ0n) is 9.56. The molecule has 1 aliphatic rings. The molecule has 0 bridgehead atoms. The number of rotatable bonds is 5. The predicted octanol–water partition coefficient (Wildman–Crippen LogP) is 0.0159. The van der Waals surface area contributed by atoms with Crippen LogP contribution in [0.5, 0.6) is 0 Å². The number of nitrogens with zero attached hydrogens (tertiary/aromatic N) is 1. The van der Waals surface area contributed by atoms with Crippen LogP contribution in [0.4, 0.5) is 4.79 Å². The number of aliphatic carboxylic acids is 1. The summed E-state index contributed by atoms with van der Waals surface area (Å²) < 4.78 is 0. The summed E-state index contributed by atoms with van der Waals surface area (Å²) in [6, 6.07) is -0.0358. The SMILES string of the molecule is CCN(C(=O)NCC(C)(O)C(=O)O)C1CC1. The molecule has 0 saturated heterocycles. The smallest absolute Gasteiger partial charge is 0.337 e. The Hall–Kier alpha value is -1.30. The molecule has 1 unspecified atom stereocenters. The molecule has 1 aliphatic carbocycles. The zero-order chi connectivity index (χ0) is 12.3. The molecule has 1 atom stereocenters. The van der Waals surface area contributed by atoms with E-state index in [4.69, 9.17) is 5.11 Å². The van der Waals surface area contributed by atoms with Gasteiger partial charge in [-0.3, -0.25) is 0 Å². The summed E-state index contributed by atoms with van der Waals surface area (Å²) in [5.41, 5.74) is -1.92. The Balaban J connectivity index is 2.42. The van der Waals surface area contributed by atoms with Gasteiger partial charge in [0, 0.05) is 12.6 Å². The Morgan fingerprint density at radius 3 is 2.44 bits per heavy atom. The third-order valence-electron chi connectivity index (χ3n) is 2.63. The van der Waals surface area contributed by atoms with E-state index in [1.807, 2.05) is 6.92 Å². The van der Waals surface area contributed by atoms with Crippen molar-refractivity contribution in [1.82, 2.24) is 10.2 Å². The molecule has 1 rings (SSSR count). The fourth-order valence-electron chi connectivity index (χ4n) is 1.38. The molecule has 0 heterocycles. The van der Waals surface area contributed by atoms with Crippen LogP contribution in [0.1, 0.15) is 26.7 Å². The number of carboxylic acids is 1. The number of hydrogen-bond donors (Lipinski definition) is 3. The first-order valence-electron chi connectivity index (χ1n) is 5.38. The van der Waals surface area contributed by atoms with E-state index < -0.39 is 11.6 Å². The summed E-state index contributed by atoms with van der Waals surface area (Å²) in [5, 5.41) is 20.5. The molecular formula is C10H18N2O4. The van der Waals surface area contributed by atoms with Gasteiger partial charge in [-0.15, -0.1) is 0 Å². The lowest BCUT2D eigenvalue weighted by Crippen LogP contribution is -2.50. The summed E-state index contributed by atoms with van der Waals surface area (Å²) >= 11 is 0. The van der Waals surface area contributed by atoms with Crippen molar-refractivity contribution < 1.29 is 19.8 Å². The summed E-state index contributed by atoms with van der Waals surface area (Å²) in [4.78, 5) is 23.9. The van der Waals surface area contributed by atoms with E-state index in [2.05, 4.69) is 5.32 Å². The minimum Gasteiger partial charge on any atom is -0.479 e. The lowest BCUT2D eigenvalue weighted by atomic mass is 10.1. The van der Waals surface area contributed by atoms with E-state index in [1.54, 1.807) is 4.90 Å². The van der Waals surface area contributed by atoms with Crippen LogP contribution < -0.4 is 5.32 Å². The van der Waals surface area contributed by atoms with Crippen LogP contribution in [-0.4, -0.2) is 51.8 Å². The van der Waals surface area contributed by atoms with Gasteiger partial charge in [-0.05, 0) is 26.7 Å².